The fourth-order valence-corrected chi connectivity index (χ4v) is 4.89. The molecule has 0 bridgehead atoms. The van der Waals surface area contributed by atoms with E-state index in [0.29, 0.717) is 19.0 Å². The van der Waals surface area contributed by atoms with Crippen molar-refractivity contribution in [3.63, 3.8) is 0 Å². The topological polar surface area (TPSA) is 70.4 Å². The van der Waals surface area contributed by atoms with Crippen LogP contribution in [0.5, 0.6) is 0 Å². The summed E-state index contributed by atoms with van der Waals surface area (Å²) in [6, 6.07) is 20.2. The lowest BCUT2D eigenvalue weighted by atomic mass is 9.84. The Bertz CT molecular complexity index is 1070. The molecule has 1 aliphatic heterocycles. The average molecular weight is 461 g/mol. The van der Waals surface area contributed by atoms with E-state index >= 15 is 0 Å². The minimum absolute atomic E-state index is 0.248. The molecule has 1 aromatic heterocycles. The standard InChI is InChI=1S/C28H36N4O2/c1-28(2,3)26(32(25(34)20-33)18-22-14-15-29-16-22)27-30-24(23-12-8-5-9-13-23)19-31(27)17-21-10-6-4-7-11-21/h4-13,19,22,26,29,33H,14-18,20H2,1-3H3/t22-,26+/m1/s1. The third-order valence-electron chi connectivity index (χ3n) is 6.52. The molecule has 2 N–H and O–H groups in total. The summed E-state index contributed by atoms with van der Waals surface area (Å²) in [6.07, 6.45) is 3.12. The summed E-state index contributed by atoms with van der Waals surface area (Å²) in [5, 5.41) is 13.3. The van der Waals surface area contributed by atoms with Gasteiger partial charge in [-0.25, -0.2) is 4.98 Å². The van der Waals surface area contributed by atoms with Crippen molar-refractivity contribution in [2.75, 3.05) is 26.2 Å². The highest BCUT2D eigenvalue weighted by molar-refractivity contribution is 5.77. The van der Waals surface area contributed by atoms with E-state index in [1.165, 1.54) is 5.56 Å². The van der Waals surface area contributed by atoms with Crippen LogP contribution in [-0.4, -0.2) is 51.7 Å². The average Bonchev–Trinajstić information content (AvgIpc) is 3.49. The van der Waals surface area contributed by atoms with Gasteiger partial charge in [-0.3, -0.25) is 4.79 Å². The van der Waals surface area contributed by atoms with Gasteiger partial charge in [0.1, 0.15) is 12.4 Å². The van der Waals surface area contributed by atoms with E-state index in [4.69, 9.17) is 4.98 Å². The molecule has 0 saturated carbocycles. The molecule has 2 atom stereocenters. The summed E-state index contributed by atoms with van der Waals surface area (Å²) in [5.74, 6) is 0.969. The van der Waals surface area contributed by atoms with Gasteiger partial charge < -0.3 is 19.9 Å². The Morgan fingerprint density at radius 3 is 2.41 bits per heavy atom. The molecule has 0 unspecified atom stereocenters. The van der Waals surface area contributed by atoms with Crippen molar-refractivity contribution in [3.05, 3.63) is 78.2 Å². The van der Waals surface area contributed by atoms with E-state index in [1.807, 2.05) is 41.3 Å². The molecule has 0 aliphatic carbocycles. The minimum atomic E-state index is -0.502. The molecule has 1 aliphatic rings. The van der Waals surface area contributed by atoms with Crippen LogP contribution in [-0.2, 0) is 11.3 Å². The molecular formula is C28H36N4O2. The van der Waals surface area contributed by atoms with Gasteiger partial charge in [0.15, 0.2) is 0 Å². The van der Waals surface area contributed by atoms with Crippen molar-refractivity contribution in [1.82, 2.24) is 19.8 Å². The summed E-state index contributed by atoms with van der Waals surface area (Å²) in [5.41, 5.74) is 2.82. The van der Waals surface area contributed by atoms with Crippen LogP contribution in [0.1, 0.15) is 44.6 Å². The first kappa shape index (κ1) is 24.2. The van der Waals surface area contributed by atoms with Crippen molar-refractivity contribution >= 4 is 5.91 Å². The van der Waals surface area contributed by atoms with Crippen molar-refractivity contribution in [2.45, 2.75) is 39.8 Å². The van der Waals surface area contributed by atoms with Crippen molar-refractivity contribution < 1.29 is 9.90 Å². The molecule has 3 aromatic rings. The molecule has 2 heterocycles. The van der Waals surface area contributed by atoms with Gasteiger partial charge in [-0.1, -0.05) is 81.4 Å². The zero-order chi connectivity index (χ0) is 24.1. The lowest BCUT2D eigenvalue weighted by molar-refractivity contribution is -0.140. The molecule has 6 nitrogen and oxygen atoms in total. The van der Waals surface area contributed by atoms with E-state index in [-0.39, 0.29) is 17.4 Å². The Morgan fingerprint density at radius 1 is 1.15 bits per heavy atom. The van der Waals surface area contributed by atoms with Gasteiger partial charge in [-0.05, 0) is 36.4 Å². The summed E-state index contributed by atoms with van der Waals surface area (Å²) in [7, 11) is 0. The molecule has 1 saturated heterocycles. The van der Waals surface area contributed by atoms with E-state index in [0.717, 1.165) is 36.6 Å². The zero-order valence-electron chi connectivity index (χ0n) is 20.4. The van der Waals surface area contributed by atoms with Crippen molar-refractivity contribution in [1.29, 1.82) is 0 Å². The number of hydrogen-bond donors (Lipinski definition) is 2. The fraction of sp³-hybridized carbons (Fsp3) is 0.429. The van der Waals surface area contributed by atoms with Crippen LogP contribution in [0.4, 0.5) is 0 Å². The highest BCUT2D eigenvalue weighted by atomic mass is 16.3. The highest BCUT2D eigenvalue weighted by Gasteiger charge is 2.39. The summed E-state index contributed by atoms with van der Waals surface area (Å²) in [4.78, 5) is 20.1. The van der Waals surface area contributed by atoms with Crippen LogP contribution < -0.4 is 5.32 Å². The highest BCUT2D eigenvalue weighted by Crippen LogP contribution is 2.39. The Morgan fingerprint density at radius 2 is 1.82 bits per heavy atom. The molecule has 34 heavy (non-hydrogen) atoms. The first-order valence-electron chi connectivity index (χ1n) is 12.1. The molecule has 0 spiro atoms. The molecule has 2 aromatic carbocycles. The number of aliphatic hydroxyl groups excluding tert-OH is 1. The smallest absolute Gasteiger partial charge is 0.248 e. The van der Waals surface area contributed by atoms with E-state index in [2.05, 4.69) is 61.1 Å². The number of benzene rings is 2. The fourth-order valence-electron chi connectivity index (χ4n) is 4.89. The lowest BCUT2D eigenvalue weighted by Crippen LogP contribution is -2.46. The summed E-state index contributed by atoms with van der Waals surface area (Å²) >= 11 is 0. The van der Waals surface area contributed by atoms with Gasteiger partial charge in [-0.15, -0.1) is 0 Å². The zero-order valence-corrected chi connectivity index (χ0v) is 20.4. The molecule has 1 amide bonds. The maximum absolute atomic E-state index is 13.1. The SMILES string of the molecule is CC(C)(C)[C@H](c1nc(-c2ccccc2)cn1Cc1ccccc1)N(C[C@@H]1CCNC1)C(=O)CO. The number of nitrogens with zero attached hydrogens (tertiary/aromatic N) is 3. The number of carbonyl (C=O) groups is 1. The van der Waals surface area contributed by atoms with Gasteiger partial charge in [0.2, 0.25) is 5.91 Å². The van der Waals surface area contributed by atoms with Crippen molar-refractivity contribution in [3.8, 4) is 11.3 Å². The van der Waals surface area contributed by atoms with Gasteiger partial charge in [-0.2, -0.15) is 0 Å². The second-order valence-electron chi connectivity index (χ2n) is 10.3. The van der Waals surface area contributed by atoms with Crippen LogP contribution in [0.2, 0.25) is 0 Å². The number of hydrogen-bond acceptors (Lipinski definition) is 4. The van der Waals surface area contributed by atoms with E-state index in [9.17, 15) is 9.90 Å². The second-order valence-corrected chi connectivity index (χ2v) is 10.3. The predicted molar refractivity (Wildman–Crippen MR) is 135 cm³/mol. The van der Waals surface area contributed by atoms with Crippen LogP contribution >= 0.6 is 0 Å². The van der Waals surface area contributed by atoms with Gasteiger partial charge >= 0.3 is 0 Å². The van der Waals surface area contributed by atoms with Gasteiger partial charge in [0, 0.05) is 24.8 Å². The molecule has 1 fully saturated rings. The largest absolute Gasteiger partial charge is 0.387 e. The number of aliphatic hydroxyl groups is 1. The van der Waals surface area contributed by atoms with E-state index < -0.39 is 6.61 Å². The summed E-state index contributed by atoms with van der Waals surface area (Å²) in [6.45, 7) is 9.05. The number of nitrogens with one attached hydrogen (secondary N) is 1. The molecule has 6 heteroatoms. The van der Waals surface area contributed by atoms with Crippen molar-refractivity contribution in [2.24, 2.45) is 11.3 Å². The van der Waals surface area contributed by atoms with Gasteiger partial charge in [0.25, 0.3) is 0 Å². The first-order chi connectivity index (χ1) is 16.4. The maximum Gasteiger partial charge on any atom is 0.248 e. The Kier molecular flexibility index (Phi) is 7.49. The minimum Gasteiger partial charge on any atom is -0.387 e. The molecule has 180 valence electrons. The molecule has 4 rings (SSSR count). The Labute approximate surface area is 202 Å². The van der Waals surface area contributed by atoms with Crippen LogP contribution in [0.25, 0.3) is 11.3 Å². The third-order valence-corrected chi connectivity index (χ3v) is 6.52. The predicted octanol–water partition coefficient (Wildman–Crippen LogP) is 4.12. The lowest BCUT2D eigenvalue weighted by Gasteiger charge is -2.41. The molecular weight excluding hydrogens is 424 g/mol. The van der Waals surface area contributed by atoms with Crippen LogP contribution in [0.15, 0.2) is 66.9 Å². The summed E-state index contributed by atoms with van der Waals surface area (Å²) < 4.78 is 2.18. The number of amides is 1. The van der Waals surface area contributed by atoms with Crippen LogP contribution in [0.3, 0.4) is 0 Å². The number of imidazole rings is 1. The Hall–Kier alpha value is -2.96. The van der Waals surface area contributed by atoms with Crippen LogP contribution in [0, 0.1) is 11.3 Å². The number of rotatable bonds is 8. The number of carbonyl (C=O) groups excluding carboxylic acids is 1. The normalized spacial score (nSPS) is 17.0. The first-order valence-corrected chi connectivity index (χ1v) is 12.1. The Balaban J connectivity index is 1.81. The maximum atomic E-state index is 13.1. The quantitative estimate of drug-likeness (QED) is 0.531. The second kappa shape index (κ2) is 10.5. The number of aromatic nitrogens is 2. The monoisotopic (exact) mass is 460 g/mol. The molecule has 0 radical (unpaired) electrons. The van der Waals surface area contributed by atoms with E-state index in [1.54, 1.807) is 0 Å². The third kappa shape index (κ3) is 5.57. The van der Waals surface area contributed by atoms with Gasteiger partial charge in [0.05, 0.1) is 11.7 Å².